The van der Waals surface area contributed by atoms with Gasteiger partial charge in [0.25, 0.3) is 0 Å². The summed E-state index contributed by atoms with van der Waals surface area (Å²) in [6.45, 7) is 6.75. The minimum atomic E-state index is 0.0879. The Labute approximate surface area is 150 Å². The maximum absolute atomic E-state index is 12.2. The van der Waals surface area contributed by atoms with Crippen LogP contribution in [-0.2, 0) is 11.2 Å². The first-order chi connectivity index (χ1) is 12.2. The zero-order valence-electron chi connectivity index (χ0n) is 15.2. The summed E-state index contributed by atoms with van der Waals surface area (Å²) in [5.41, 5.74) is 1.93. The number of benzene rings is 1. The molecule has 1 aliphatic heterocycles. The van der Waals surface area contributed by atoms with E-state index in [2.05, 4.69) is 22.1 Å². The number of amides is 1. The largest absolute Gasteiger partial charge is 0.356 e. The zero-order chi connectivity index (χ0) is 17.5. The number of nitrogens with one attached hydrogen (secondary N) is 1. The molecule has 1 aliphatic rings. The molecule has 4 nitrogen and oxygen atoms in total. The number of unbranched alkanes of at least 4 members (excludes halogenated alkanes) is 1. The van der Waals surface area contributed by atoms with Crippen molar-refractivity contribution in [2.24, 2.45) is 5.92 Å². The van der Waals surface area contributed by atoms with Gasteiger partial charge in [-0.05, 0) is 62.9 Å². The van der Waals surface area contributed by atoms with Crippen LogP contribution in [-0.4, -0.2) is 42.0 Å². The summed E-state index contributed by atoms with van der Waals surface area (Å²) in [5.74, 6) is 0.976. The van der Waals surface area contributed by atoms with Crippen molar-refractivity contribution in [2.45, 2.75) is 39.0 Å². The molecule has 4 heteroatoms. The summed E-state index contributed by atoms with van der Waals surface area (Å²) in [4.78, 5) is 19.2. The van der Waals surface area contributed by atoms with Crippen molar-refractivity contribution in [3.63, 3.8) is 0 Å². The maximum Gasteiger partial charge on any atom is 0.224 e. The van der Waals surface area contributed by atoms with Crippen molar-refractivity contribution >= 4 is 16.8 Å². The van der Waals surface area contributed by atoms with Crippen LogP contribution in [0.3, 0.4) is 0 Å². The van der Waals surface area contributed by atoms with Gasteiger partial charge in [0.2, 0.25) is 5.91 Å². The molecule has 1 saturated heterocycles. The molecular formula is C21H29N3O. The first-order valence-electron chi connectivity index (χ1n) is 9.54. The Morgan fingerprint density at radius 1 is 1.20 bits per heavy atom. The van der Waals surface area contributed by atoms with E-state index in [1.54, 1.807) is 6.20 Å². The molecule has 0 atom stereocenters. The molecule has 0 saturated carbocycles. The fourth-order valence-corrected chi connectivity index (χ4v) is 3.52. The van der Waals surface area contributed by atoms with Crippen LogP contribution < -0.4 is 5.32 Å². The van der Waals surface area contributed by atoms with Gasteiger partial charge in [-0.15, -0.1) is 0 Å². The molecule has 1 aromatic carbocycles. The van der Waals surface area contributed by atoms with E-state index in [4.69, 9.17) is 0 Å². The van der Waals surface area contributed by atoms with E-state index in [9.17, 15) is 4.79 Å². The van der Waals surface area contributed by atoms with Crippen LogP contribution in [0.25, 0.3) is 10.9 Å². The lowest BCUT2D eigenvalue weighted by Crippen LogP contribution is -2.34. The van der Waals surface area contributed by atoms with E-state index in [-0.39, 0.29) is 5.91 Å². The van der Waals surface area contributed by atoms with Gasteiger partial charge in [-0.2, -0.15) is 0 Å². The number of para-hydroxylation sites is 1. The Morgan fingerprint density at radius 3 is 2.84 bits per heavy atom. The highest BCUT2D eigenvalue weighted by molar-refractivity contribution is 5.87. The van der Waals surface area contributed by atoms with Crippen LogP contribution in [0.4, 0.5) is 0 Å². The van der Waals surface area contributed by atoms with Gasteiger partial charge in [0, 0.05) is 18.1 Å². The second kappa shape index (κ2) is 8.95. The lowest BCUT2D eigenvalue weighted by atomic mass is 9.99. The van der Waals surface area contributed by atoms with Gasteiger partial charge in [0.15, 0.2) is 0 Å². The highest BCUT2D eigenvalue weighted by Gasteiger charge is 2.14. The number of fused-ring (bicyclic) bond motifs is 1. The van der Waals surface area contributed by atoms with E-state index >= 15 is 0 Å². The summed E-state index contributed by atoms with van der Waals surface area (Å²) in [7, 11) is 0. The van der Waals surface area contributed by atoms with Crippen molar-refractivity contribution in [1.29, 1.82) is 0 Å². The molecule has 0 bridgehead atoms. The summed E-state index contributed by atoms with van der Waals surface area (Å²) in [6, 6.07) is 9.98. The first-order valence-corrected chi connectivity index (χ1v) is 9.54. The minimum Gasteiger partial charge on any atom is -0.356 e. The van der Waals surface area contributed by atoms with Crippen LogP contribution in [0, 0.1) is 5.92 Å². The number of pyridine rings is 1. The number of carbonyl (C=O) groups excluding carboxylic acids is 1. The highest BCUT2D eigenvalue weighted by Crippen LogP contribution is 2.17. The van der Waals surface area contributed by atoms with E-state index in [0.29, 0.717) is 6.42 Å². The van der Waals surface area contributed by atoms with Crippen LogP contribution >= 0.6 is 0 Å². The summed E-state index contributed by atoms with van der Waals surface area (Å²) >= 11 is 0. The van der Waals surface area contributed by atoms with Gasteiger partial charge >= 0.3 is 0 Å². The standard InChI is InChI=1S/C21H29N3O/c1-17-9-14-24(15-10-17)13-3-2-11-22-20(25)16-19-7-4-6-18-8-5-12-23-21(18)19/h4-8,12,17H,2-3,9-11,13-16H2,1H3,(H,22,25). The van der Waals surface area contributed by atoms with Gasteiger partial charge in [-0.1, -0.05) is 31.2 Å². The number of piperidine rings is 1. The quantitative estimate of drug-likeness (QED) is 0.786. The van der Waals surface area contributed by atoms with E-state index in [1.165, 1.54) is 25.9 Å². The van der Waals surface area contributed by atoms with Crippen molar-refractivity contribution < 1.29 is 4.79 Å². The maximum atomic E-state index is 12.2. The molecule has 1 amide bonds. The van der Waals surface area contributed by atoms with Gasteiger partial charge in [-0.25, -0.2) is 0 Å². The average molecular weight is 339 g/mol. The fourth-order valence-electron chi connectivity index (χ4n) is 3.52. The molecule has 0 radical (unpaired) electrons. The third-order valence-corrected chi connectivity index (χ3v) is 5.17. The number of carbonyl (C=O) groups is 1. The number of nitrogens with zero attached hydrogens (tertiary/aromatic N) is 2. The Balaban J connectivity index is 1.37. The first kappa shape index (κ1) is 17.9. The summed E-state index contributed by atoms with van der Waals surface area (Å²) in [6.07, 6.45) is 7.05. The number of hydrogen-bond donors (Lipinski definition) is 1. The molecule has 2 heterocycles. The normalized spacial score (nSPS) is 16.2. The number of hydrogen-bond acceptors (Lipinski definition) is 3. The molecule has 134 valence electrons. The van der Waals surface area contributed by atoms with E-state index < -0.39 is 0 Å². The van der Waals surface area contributed by atoms with Crippen molar-refractivity contribution in [3.05, 3.63) is 42.1 Å². The average Bonchev–Trinajstić information content (AvgIpc) is 2.63. The molecule has 3 rings (SSSR count). The monoisotopic (exact) mass is 339 g/mol. The molecule has 1 aromatic heterocycles. The number of likely N-dealkylation sites (tertiary alicyclic amines) is 1. The molecule has 1 N–H and O–H groups in total. The van der Waals surface area contributed by atoms with E-state index in [1.807, 2.05) is 30.3 Å². The van der Waals surface area contributed by atoms with Crippen LogP contribution in [0.5, 0.6) is 0 Å². The van der Waals surface area contributed by atoms with Gasteiger partial charge in [0.1, 0.15) is 0 Å². The van der Waals surface area contributed by atoms with Crippen LogP contribution in [0.1, 0.15) is 38.2 Å². The van der Waals surface area contributed by atoms with E-state index in [0.717, 1.165) is 48.3 Å². The molecule has 2 aromatic rings. The molecular weight excluding hydrogens is 310 g/mol. The zero-order valence-corrected chi connectivity index (χ0v) is 15.2. The SMILES string of the molecule is CC1CCN(CCCCNC(=O)Cc2cccc3cccnc23)CC1. The molecule has 1 fully saturated rings. The van der Waals surface area contributed by atoms with Crippen molar-refractivity contribution in [3.8, 4) is 0 Å². The third kappa shape index (κ3) is 5.27. The molecule has 0 unspecified atom stereocenters. The van der Waals surface area contributed by atoms with Gasteiger partial charge in [-0.3, -0.25) is 9.78 Å². The Hall–Kier alpha value is -1.94. The molecule has 0 aliphatic carbocycles. The Kier molecular flexibility index (Phi) is 6.40. The molecule has 25 heavy (non-hydrogen) atoms. The predicted molar refractivity (Wildman–Crippen MR) is 103 cm³/mol. The van der Waals surface area contributed by atoms with Gasteiger partial charge in [0.05, 0.1) is 11.9 Å². The third-order valence-electron chi connectivity index (χ3n) is 5.17. The summed E-state index contributed by atoms with van der Waals surface area (Å²) < 4.78 is 0. The fraction of sp³-hybridized carbons (Fsp3) is 0.524. The minimum absolute atomic E-state index is 0.0879. The van der Waals surface area contributed by atoms with Crippen LogP contribution in [0.2, 0.25) is 0 Å². The number of aromatic nitrogens is 1. The lowest BCUT2D eigenvalue weighted by Gasteiger charge is -2.30. The lowest BCUT2D eigenvalue weighted by molar-refractivity contribution is -0.120. The smallest absolute Gasteiger partial charge is 0.224 e. The Bertz CT molecular complexity index is 687. The molecule has 0 spiro atoms. The highest BCUT2D eigenvalue weighted by atomic mass is 16.1. The summed E-state index contributed by atoms with van der Waals surface area (Å²) in [5, 5.41) is 4.14. The van der Waals surface area contributed by atoms with Crippen molar-refractivity contribution in [2.75, 3.05) is 26.2 Å². The number of rotatable bonds is 7. The second-order valence-corrected chi connectivity index (χ2v) is 7.25. The predicted octanol–water partition coefficient (Wildman–Crippen LogP) is 3.41. The second-order valence-electron chi connectivity index (χ2n) is 7.25. The van der Waals surface area contributed by atoms with Crippen molar-refractivity contribution in [1.82, 2.24) is 15.2 Å². The topological polar surface area (TPSA) is 45.2 Å². The van der Waals surface area contributed by atoms with Gasteiger partial charge < -0.3 is 10.2 Å². The Morgan fingerprint density at radius 2 is 2.00 bits per heavy atom. The van der Waals surface area contributed by atoms with Crippen LogP contribution in [0.15, 0.2) is 36.5 Å².